The van der Waals surface area contributed by atoms with E-state index < -0.39 is 0 Å². The van der Waals surface area contributed by atoms with Crippen molar-refractivity contribution < 1.29 is 4.74 Å². The number of ether oxygens (including phenoxy) is 1. The molecule has 1 fully saturated rings. The molecule has 0 radical (unpaired) electrons. The molecule has 0 saturated carbocycles. The number of rotatable bonds is 6. The van der Waals surface area contributed by atoms with Crippen molar-refractivity contribution in [1.29, 1.82) is 0 Å². The lowest BCUT2D eigenvalue weighted by molar-refractivity contribution is 0.0373. The molecule has 0 aromatic carbocycles. The number of nitrogens with one attached hydrogen (secondary N) is 1. The fourth-order valence-electron chi connectivity index (χ4n) is 2.87. The van der Waals surface area contributed by atoms with Crippen LogP contribution >= 0.6 is 15.9 Å². The molecule has 2 atom stereocenters. The number of hydrogen-bond donors (Lipinski definition) is 1. The molecule has 1 saturated heterocycles. The Morgan fingerprint density at radius 1 is 1.55 bits per heavy atom. The van der Waals surface area contributed by atoms with E-state index in [9.17, 15) is 0 Å². The first-order valence-electron chi connectivity index (χ1n) is 7.69. The molecule has 4 nitrogen and oxygen atoms in total. The quantitative estimate of drug-likeness (QED) is 0.855. The van der Waals surface area contributed by atoms with Crippen molar-refractivity contribution in [1.82, 2.24) is 15.1 Å². The van der Waals surface area contributed by atoms with E-state index in [4.69, 9.17) is 4.74 Å². The highest BCUT2D eigenvalue weighted by Gasteiger charge is 2.30. The van der Waals surface area contributed by atoms with Gasteiger partial charge >= 0.3 is 0 Å². The molecule has 1 aromatic rings. The molecule has 1 aliphatic rings. The monoisotopic (exact) mass is 343 g/mol. The topological polar surface area (TPSA) is 39.1 Å². The van der Waals surface area contributed by atoms with E-state index in [2.05, 4.69) is 51.8 Å². The Labute approximate surface area is 130 Å². The summed E-state index contributed by atoms with van der Waals surface area (Å²) in [5.41, 5.74) is 1.27. The van der Waals surface area contributed by atoms with E-state index in [0.29, 0.717) is 18.0 Å². The van der Waals surface area contributed by atoms with Crippen LogP contribution in [0.5, 0.6) is 0 Å². The second-order valence-electron chi connectivity index (χ2n) is 5.83. The molecule has 2 unspecified atom stereocenters. The van der Waals surface area contributed by atoms with Crippen molar-refractivity contribution in [3.63, 3.8) is 0 Å². The average molecular weight is 344 g/mol. The minimum absolute atomic E-state index is 0.314. The van der Waals surface area contributed by atoms with Crippen LogP contribution in [-0.2, 0) is 4.74 Å². The third-order valence-corrected chi connectivity index (χ3v) is 4.46. The molecule has 0 bridgehead atoms. The van der Waals surface area contributed by atoms with Gasteiger partial charge in [0.05, 0.1) is 29.0 Å². The highest BCUT2D eigenvalue weighted by Crippen LogP contribution is 2.34. The second-order valence-corrected chi connectivity index (χ2v) is 6.68. The van der Waals surface area contributed by atoms with Crippen molar-refractivity contribution in [3.8, 4) is 0 Å². The summed E-state index contributed by atoms with van der Waals surface area (Å²) in [7, 11) is 0. The molecular formula is C15H26BrN3O. The maximum absolute atomic E-state index is 5.70. The molecule has 0 aliphatic carbocycles. The number of hydrogen-bond acceptors (Lipinski definition) is 3. The number of halogens is 1. The fraction of sp³-hybridized carbons (Fsp3) is 0.800. The zero-order valence-corrected chi connectivity index (χ0v) is 14.3. The summed E-state index contributed by atoms with van der Waals surface area (Å²) < 4.78 is 8.93. The lowest BCUT2D eigenvalue weighted by atomic mass is 9.91. The average Bonchev–Trinajstić information content (AvgIpc) is 2.83. The standard InChI is InChI=1S/C15H26BrN3O/c1-4-7-17-14(12-6-5-8-20-10-12)15-13(16)9-18-19(15)11(2)3/h9,11-12,14,17H,4-8,10H2,1-3H3. The Bertz CT molecular complexity index is 413. The van der Waals surface area contributed by atoms with Gasteiger partial charge in [-0.2, -0.15) is 5.10 Å². The zero-order valence-electron chi connectivity index (χ0n) is 12.7. The summed E-state index contributed by atoms with van der Waals surface area (Å²) >= 11 is 3.68. The predicted molar refractivity (Wildman–Crippen MR) is 84.9 cm³/mol. The van der Waals surface area contributed by atoms with Crippen LogP contribution in [0.25, 0.3) is 0 Å². The van der Waals surface area contributed by atoms with Gasteiger partial charge < -0.3 is 10.1 Å². The van der Waals surface area contributed by atoms with E-state index in [1.807, 2.05) is 6.20 Å². The van der Waals surface area contributed by atoms with Crippen molar-refractivity contribution >= 4 is 15.9 Å². The van der Waals surface area contributed by atoms with Gasteiger partial charge in [0.15, 0.2) is 0 Å². The Morgan fingerprint density at radius 3 is 2.95 bits per heavy atom. The smallest absolute Gasteiger partial charge is 0.0702 e. The van der Waals surface area contributed by atoms with E-state index in [0.717, 1.165) is 37.1 Å². The summed E-state index contributed by atoms with van der Waals surface area (Å²) in [4.78, 5) is 0. The molecule has 20 heavy (non-hydrogen) atoms. The van der Waals surface area contributed by atoms with Crippen LogP contribution in [0, 0.1) is 5.92 Å². The van der Waals surface area contributed by atoms with Gasteiger partial charge in [0.25, 0.3) is 0 Å². The van der Waals surface area contributed by atoms with Gasteiger partial charge in [-0.1, -0.05) is 6.92 Å². The summed E-state index contributed by atoms with van der Waals surface area (Å²) in [5.74, 6) is 0.529. The van der Waals surface area contributed by atoms with E-state index in [1.165, 1.54) is 12.1 Å². The molecule has 1 N–H and O–H groups in total. The first kappa shape index (κ1) is 16.0. The molecule has 1 aromatic heterocycles. The molecule has 5 heteroatoms. The van der Waals surface area contributed by atoms with Crippen molar-refractivity contribution in [2.75, 3.05) is 19.8 Å². The van der Waals surface area contributed by atoms with Crippen molar-refractivity contribution in [2.24, 2.45) is 5.92 Å². The van der Waals surface area contributed by atoms with Gasteiger partial charge in [0, 0.05) is 18.6 Å². The third-order valence-electron chi connectivity index (χ3n) is 3.85. The van der Waals surface area contributed by atoms with Gasteiger partial charge in [-0.3, -0.25) is 4.68 Å². The van der Waals surface area contributed by atoms with Crippen LogP contribution in [0.2, 0.25) is 0 Å². The molecule has 2 heterocycles. The van der Waals surface area contributed by atoms with Crippen LogP contribution in [0.3, 0.4) is 0 Å². The maximum Gasteiger partial charge on any atom is 0.0702 e. The van der Waals surface area contributed by atoms with Crippen LogP contribution in [-0.4, -0.2) is 29.5 Å². The van der Waals surface area contributed by atoms with Crippen LogP contribution in [0.15, 0.2) is 10.7 Å². The Balaban J connectivity index is 2.27. The van der Waals surface area contributed by atoms with Gasteiger partial charge in [-0.25, -0.2) is 0 Å². The van der Waals surface area contributed by atoms with E-state index >= 15 is 0 Å². The number of aromatic nitrogens is 2. The lowest BCUT2D eigenvalue weighted by Crippen LogP contribution is -2.35. The summed E-state index contributed by atoms with van der Waals surface area (Å²) in [6.45, 7) is 9.33. The fourth-order valence-corrected chi connectivity index (χ4v) is 3.39. The molecular weight excluding hydrogens is 318 g/mol. The van der Waals surface area contributed by atoms with Crippen molar-refractivity contribution in [2.45, 2.75) is 52.1 Å². The summed E-state index contributed by atoms with van der Waals surface area (Å²) in [6.07, 6.45) is 5.43. The van der Waals surface area contributed by atoms with Crippen LogP contribution in [0.4, 0.5) is 0 Å². The first-order valence-corrected chi connectivity index (χ1v) is 8.48. The SMILES string of the molecule is CCCNC(c1c(Br)cnn1C(C)C)C1CCCOC1. The van der Waals surface area contributed by atoms with E-state index in [-0.39, 0.29) is 0 Å². The molecule has 2 rings (SSSR count). The van der Waals surface area contributed by atoms with Gasteiger partial charge in [-0.05, 0) is 55.6 Å². The molecule has 0 amide bonds. The lowest BCUT2D eigenvalue weighted by Gasteiger charge is -2.32. The predicted octanol–water partition coefficient (Wildman–Crippen LogP) is 3.69. The van der Waals surface area contributed by atoms with Gasteiger partial charge in [0.2, 0.25) is 0 Å². The Morgan fingerprint density at radius 2 is 2.35 bits per heavy atom. The molecule has 0 spiro atoms. The van der Waals surface area contributed by atoms with Crippen molar-refractivity contribution in [3.05, 3.63) is 16.4 Å². The third kappa shape index (κ3) is 3.62. The highest BCUT2D eigenvalue weighted by atomic mass is 79.9. The maximum atomic E-state index is 5.70. The largest absolute Gasteiger partial charge is 0.381 e. The normalized spacial score (nSPS) is 21.4. The summed E-state index contributed by atoms with van der Waals surface area (Å²) in [5, 5.41) is 8.23. The zero-order chi connectivity index (χ0) is 14.5. The van der Waals surface area contributed by atoms with Gasteiger partial charge in [0.1, 0.15) is 0 Å². The number of nitrogens with zero attached hydrogens (tertiary/aromatic N) is 2. The summed E-state index contributed by atoms with van der Waals surface area (Å²) in [6, 6.07) is 0.682. The molecule has 1 aliphatic heterocycles. The minimum atomic E-state index is 0.314. The van der Waals surface area contributed by atoms with Crippen LogP contribution < -0.4 is 5.32 Å². The second kappa shape index (κ2) is 7.57. The minimum Gasteiger partial charge on any atom is -0.381 e. The Hall–Kier alpha value is -0.390. The van der Waals surface area contributed by atoms with Gasteiger partial charge in [-0.15, -0.1) is 0 Å². The highest BCUT2D eigenvalue weighted by molar-refractivity contribution is 9.10. The molecule has 114 valence electrons. The van der Waals surface area contributed by atoms with E-state index in [1.54, 1.807) is 0 Å². The van der Waals surface area contributed by atoms with Crippen LogP contribution in [0.1, 0.15) is 57.8 Å². The first-order chi connectivity index (χ1) is 9.65. The Kier molecular flexibility index (Phi) is 6.05.